The first-order chi connectivity index (χ1) is 10.8. The molecule has 2 aliphatic rings. The lowest BCUT2D eigenvalue weighted by Gasteiger charge is -2.25. The number of hydrogen-bond donors (Lipinski definition) is 4. The van der Waals surface area contributed by atoms with Crippen LogP contribution < -0.4 is 5.73 Å². The number of nitrogens with zero attached hydrogens (tertiary/aromatic N) is 2. The standard InChI is InChI=1S/C14H20N4O4S/c1-14(15,12(21)22)5-9(7-4-8(7)11(19)20)23-13-16-10(17-18-13)6-2-3-6/h6-9H,2-5,15H2,1H3,(H,19,20)(H,21,22)(H,16,17,18)/t7-,8-,9-,14-/m1/s1. The van der Waals surface area contributed by atoms with E-state index in [0.717, 1.165) is 18.7 Å². The molecule has 0 amide bonds. The van der Waals surface area contributed by atoms with Crippen LogP contribution in [0.5, 0.6) is 0 Å². The van der Waals surface area contributed by atoms with Crippen molar-refractivity contribution < 1.29 is 19.8 Å². The molecule has 23 heavy (non-hydrogen) atoms. The van der Waals surface area contributed by atoms with Crippen LogP contribution in [-0.2, 0) is 9.59 Å². The zero-order valence-electron chi connectivity index (χ0n) is 12.7. The van der Waals surface area contributed by atoms with Crippen molar-refractivity contribution in [3.05, 3.63) is 5.82 Å². The second-order valence-electron chi connectivity index (χ2n) is 6.70. The lowest BCUT2D eigenvalue weighted by molar-refractivity contribution is -0.142. The third-order valence-electron chi connectivity index (χ3n) is 4.45. The molecule has 4 atom stereocenters. The molecule has 2 aliphatic carbocycles. The van der Waals surface area contributed by atoms with Gasteiger partial charge in [0.25, 0.3) is 0 Å². The highest BCUT2D eigenvalue weighted by molar-refractivity contribution is 7.99. The summed E-state index contributed by atoms with van der Waals surface area (Å²) in [6.07, 6.45) is 2.93. The van der Waals surface area contributed by atoms with Crippen LogP contribution in [0, 0.1) is 11.8 Å². The number of aliphatic carboxylic acids is 2. The van der Waals surface area contributed by atoms with Gasteiger partial charge in [-0.25, -0.2) is 4.98 Å². The molecule has 0 saturated heterocycles. The lowest BCUT2D eigenvalue weighted by atomic mass is 9.95. The van der Waals surface area contributed by atoms with Crippen molar-refractivity contribution in [3.63, 3.8) is 0 Å². The molecule has 8 nitrogen and oxygen atoms in total. The molecule has 1 aromatic heterocycles. The summed E-state index contributed by atoms with van der Waals surface area (Å²) >= 11 is 1.33. The second kappa shape index (κ2) is 5.79. The Bertz CT molecular complexity index is 628. The number of nitrogens with two attached hydrogens (primary N) is 1. The van der Waals surface area contributed by atoms with Crippen molar-refractivity contribution in [2.24, 2.45) is 17.6 Å². The molecule has 0 aliphatic heterocycles. The smallest absolute Gasteiger partial charge is 0.323 e. The van der Waals surface area contributed by atoms with E-state index in [-0.39, 0.29) is 17.6 Å². The SMILES string of the molecule is C[C@@](N)(C[C@@H](Sc1n[nH]c(C2CC2)n1)[C@@H]1C[C@H]1C(=O)O)C(=O)O. The van der Waals surface area contributed by atoms with Crippen LogP contribution in [-0.4, -0.2) is 48.1 Å². The normalized spacial score (nSPS) is 27.2. The molecule has 1 heterocycles. The number of carboxylic acid groups (broad SMARTS) is 2. The van der Waals surface area contributed by atoms with E-state index in [9.17, 15) is 14.7 Å². The topological polar surface area (TPSA) is 142 Å². The third-order valence-corrected chi connectivity index (χ3v) is 5.66. The van der Waals surface area contributed by atoms with Crippen LogP contribution in [0.15, 0.2) is 5.16 Å². The first-order valence-electron chi connectivity index (χ1n) is 7.62. The van der Waals surface area contributed by atoms with Crippen molar-refractivity contribution >= 4 is 23.7 Å². The van der Waals surface area contributed by atoms with E-state index in [2.05, 4.69) is 15.2 Å². The zero-order chi connectivity index (χ0) is 16.8. The summed E-state index contributed by atoms with van der Waals surface area (Å²) in [5, 5.41) is 25.7. The molecule has 0 spiro atoms. The molecule has 0 aromatic carbocycles. The summed E-state index contributed by atoms with van der Waals surface area (Å²) in [6, 6.07) is 0. The fourth-order valence-electron chi connectivity index (χ4n) is 2.68. The first kappa shape index (κ1) is 16.3. The van der Waals surface area contributed by atoms with Gasteiger partial charge in [0, 0.05) is 11.2 Å². The van der Waals surface area contributed by atoms with Crippen LogP contribution in [0.3, 0.4) is 0 Å². The molecule has 1 aromatic rings. The number of rotatable bonds is 8. The summed E-state index contributed by atoms with van der Waals surface area (Å²) in [5.74, 6) is -1.17. The summed E-state index contributed by atoms with van der Waals surface area (Å²) in [5.41, 5.74) is 4.45. The fraction of sp³-hybridized carbons (Fsp3) is 0.714. The van der Waals surface area contributed by atoms with Crippen LogP contribution >= 0.6 is 11.8 Å². The minimum atomic E-state index is -1.40. The van der Waals surface area contributed by atoms with E-state index < -0.39 is 23.4 Å². The molecule has 3 rings (SSSR count). The molecule has 9 heteroatoms. The maximum atomic E-state index is 11.3. The maximum Gasteiger partial charge on any atom is 0.323 e. The highest BCUT2D eigenvalue weighted by atomic mass is 32.2. The number of aromatic nitrogens is 3. The predicted molar refractivity (Wildman–Crippen MR) is 82.1 cm³/mol. The van der Waals surface area contributed by atoms with Gasteiger partial charge < -0.3 is 15.9 Å². The average Bonchev–Trinajstić information content (AvgIpc) is 3.36. The molecule has 0 radical (unpaired) electrons. The Morgan fingerprint density at radius 1 is 1.48 bits per heavy atom. The average molecular weight is 340 g/mol. The summed E-state index contributed by atoms with van der Waals surface area (Å²) in [6.45, 7) is 1.45. The molecule has 2 saturated carbocycles. The highest BCUT2D eigenvalue weighted by Crippen LogP contribution is 2.49. The summed E-state index contributed by atoms with van der Waals surface area (Å²) < 4.78 is 0. The molecule has 2 fully saturated rings. The van der Waals surface area contributed by atoms with Crippen LogP contribution in [0.25, 0.3) is 0 Å². The monoisotopic (exact) mass is 340 g/mol. The van der Waals surface area contributed by atoms with Crippen LogP contribution in [0.4, 0.5) is 0 Å². The second-order valence-corrected chi connectivity index (χ2v) is 7.91. The van der Waals surface area contributed by atoms with Gasteiger partial charge >= 0.3 is 11.9 Å². The highest BCUT2D eigenvalue weighted by Gasteiger charge is 2.50. The number of nitrogens with one attached hydrogen (secondary N) is 1. The van der Waals surface area contributed by atoms with Gasteiger partial charge in [-0.2, -0.15) is 0 Å². The Kier molecular flexibility index (Phi) is 4.09. The van der Waals surface area contributed by atoms with E-state index >= 15 is 0 Å². The molecule has 126 valence electrons. The van der Waals surface area contributed by atoms with Crippen molar-refractivity contribution in [2.75, 3.05) is 0 Å². The number of thioether (sulfide) groups is 1. The first-order valence-corrected chi connectivity index (χ1v) is 8.50. The molecular weight excluding hydrogens is 320 g/mol. The zero-order valence-corrected chi connectivity index (χ0v) is 13.5. The Morgan fingerprint density at radius 3 is 2.70 bits per heavy atom. The summed E-state index contributed by atoms with van der Waals surface area (Å²) in [4.78, 5) is 26.8. The largest absolute Gasteiger partial charge is 0.481 e. The number of hydrogen-bond acceptors (Lipinski definition) is 6. The van der Waals surface area contributed by atoms with E-state index in [1.165, 1.54) is 18.7 Å². The van der Waals surface area contributed by atoms with Crippen molar-refractivity contribution in [3.8, 4) is 0 Å². The van der Waals surface area contributed by atoms with Crippen molar-refractivity contribution in [1.82, 2.24) is 15.2 Å². The van der Waals surface area contributed by atoms with E-state index in [4.69, 9.17) is 10.8 Å². The minimum absolute atomic E-state index is 0.0948. The van der Waals surface area contributed by atoms with Gasteiger partial charge in [0.15, 0.2) is 0 Å². The Labute approximate surface area is 137 Å². The lowest BCUT2D eigenvalue weighted by Crippen LogP contribution is -2.47. The Balaban J connectivity index is 1.71. The fourth-order valence-corrected chi connectivity index (χ4v) is 4.11. The van der Waals surface area contributed by atoms with E-state index in [1.54, 1.807) is 0 Å². The van der Waals surface area contributed by atoms with Gasteiger partial charge in [0.1, 0.15) is 11.4 Å². The minimum Gasteiger partial charge on any atom is -0.481 e. The molecule has 0 unspecified atom stereocenters. The van der Waals surface area contributed by atoms with Gasteiger partial charge in [-0.1, -0.05) is 11.8 Å². The van der Waals surface area contributed by atoms with Gasteiger partial charge in [-0.15, -0.1) is 5.10 Å². The van der Waals surface area contributed by atoms with Gasteiger partial charge in [0.05, 0.1) is 5.92 Å². The van der Waals surface area contributed by atoms with Gasteiger partial charge in [-0.3, -0.25) is 14.7 Å². The number of carbonyl (C=O) groups is 2. The molecule has 5 N–H and O–H groups in total. The molecular formula is C14H20N4O4S. The van der Waals surface area contributed by atoms with Crippen LogP contribution in [0.1, 0.15) is 44.3 Å². The van der Waals surface area contributed by atoms with Crippen molar-refractivity contribution in [2.45, 2.75) is 54.5 Å². The van der Waals surface area contributed by atoms with Gasteiger partial charge in [0.2, 0.25) is 5.16 Å². The van der Waals surface area contributed by atoms with Crippen molar-refractivity contribution in [1.29, 1.82) is 0 Å². The Morgan fingerprint density at radius 2 is 2.17 bits per heavy atom. The Hall–Kier alpha value is -1.61. The third kappa shape index (κ3) is 3.66. The summed E-state index contributed by atoms with van der Waals surface area (Å²) in [7, 11) is 0. The van der Waals surface area contributed by atoms with E-state index in [1.807, 2.05) is 0 Å². The number of aromatic amines is 1. The predicted octanol–water partition coefficient (Wildman–Crippen LogP) is 1.06. The van der Waals surface area contributed by atoms with Gasteiger partial charge in [-0.05, 0) is 38.5 Å². The number of carboxylic acids is 2. The van der Waals surface area contributed by atoms with Crippen LogP contribution in [0.2, 0.25) is 0 Å². The maximum absolute atomic E-state index is 11.3. The quantitative estimate of drug-likeness (QED) is 0.514. The molecule has 0 bridgehead atoms. The van der Waals surface area contributed by atoms with E-state index in [0.29, 0.717) is 17.5 Å². The number of H-pyrrole nitrogens is 1.